The Bertz CT molecular complexity index is 1560. The maximum atomic E-state index is 13.3. The van der Waals surface area contributed by atoms with Crippen LogP contribution in [0.4, 0.5) is 5.69 Å². The first kappa shape index (κ1) is 41.1. The zero-order valence-electron chi connectivity index (χ0n) is 29.8. The van der Waals surface area contributed by atoms with Crippen molar-refractivity contribution in [3.05, 3.63) is 65.2 Å². The number of imide groups is 1. The zero-order valence-corrected chi connectivity index (χ0v) is 29.8. The molecule has 1 fully saturated rings. The fraction of sp³-hybridized carbons (Fsp3) is 0.500. The van der Waals surface area contributed by atoms with Crippen molar-refractivity contribution in [1.29, 1.82) is 0 Å². The molecular weight excluding hydrogens is 690 g/mol. The Morgan fingerprint density at radius 1 is 0.604 bits per heavy atom. The molecule has 0 bridgehead atoms. The lowest BCUT2D eigenvalue weighted by atomic mass is 10.0. The molecule has 4 amide bonds. The summed E-state index contributed by atoms with van der Waals surface area (Å²) in [5.41, 5.74) is 3.42. The maximum absolute atomic E-state index is 13.3. The minimum Gasteiger partial charge on any atom is -0.379 e. The van der Waals surface area contributed by atoms with Crippen LogP contribution in [0.2, 0.25) is 0 Å². The molecule has 1 saturated heterocycles. The van der Waals surface area contributed by atoms with E-state index in [4.69, 9.17) is 33.3 Å². The molecule has 0 spiro atoms. The summed E-state index contributed by atoms with van der Waals surface area (Å²) in [4.78, 5) is 66.5. The molecule has 0 aromatic heterocycles. The van der Waals surface area contributed by atoms with Crippen LogP contribution in [0.25, 0.3) is 0 Å². The molecule has 0 aliphatic carbocycles. The summed E-state index contributed by atoms with van der Waals surface area (Å²) in [6.45, 7) is 4.61. The van der Waals surface area contributed by atoms with E-state index in [0.29, 0.717) is 71.1 Å². The largest absolute Gasteiger partial charge is 0.379 e. The second kappa shape index (κ2) is 23.8. The second-order valence-corrected chi connectivity index (χ2v) is 11.7. The van der Waals surface area contributed by atoms with Crippen LogP contribution >= 0.6 is 0 Å². The molecule has 2 aliphatic heterocycles. The van der Waals surface area contributed by atoms with Gasteiger partial charge in [0, 0.05) is 43.4 Å². The molecular formula is C38H47N3O12. The fourth-order valence-corrected chi connectivity index (χ4v) is 5.07. The van der Waals surface area contributed by atoms with Crippen LogP contribution in [-0.4, -0.2) is 120 Å². The highest BCUT2D eigenvalue weighted by atomic mass is 16.7. The Morgan fingerprint density at radius 3 is 1.70 bits per heavy atom. The van der Waals surface area contributed by atoms with Gasteiger partial charge in [0.15, 0.2) is 0 Å². The van der Waals surface area contributed by atoms with Crippen LogP contribution in [0.5, 0.6) is 0 Å². The summed E-state index contributed by atoms with van der Waals surface area (Å²) < 4.78 is 32.5. The van der Waals surface area contributed by atoms with Crippen molar-refractivity contribution >= 4 is 35.3 Å². The van der Waals surface area contributed by atoms with Crippen molar-refractivity contribution in [2.45, 2.75) is 38.6 Å². The van der Waals surface area contributed by atoms with Gasteiger partial charge in [0.1, 0.15) is 0 Å². The summed E-state index contributed by atoms with van der Waals surface area (Å²) in [7, 11) is 0. The zero-order chi connectivity index (χ0) is 37.5. The van der Waals surface area contributed by atoms with Gasteiger partial charge in [-0.05, 0) is 23.8 Å². The minimum absolute atomic E-state index is 0.0500. The van der Waals surface area contributed by atoms with Crippen LogP contribution in [0.1, 0.15) is 48.8 Å². The SMILES string of the molecule is O=C(CCOCCOCCOCCOCCOCCOCCC(=O)ON1C(=O)CCC1=O)NCCC(=O)N1Cc2ccccc2C#Cc2ccccc21. The third-order valence-corrected chi connectivity index (χ3v) is 7.82. The predicted octanol–water partition coefficient (Wildman–Crippen LogP) is 1.93. The lowest BCUT2D eigenvalue weighted by Crippen LogP contribution is -2.35. The summed E-state index contributed by atoms with van der Waals surface area (Å²) in [5, 5.41) is 3.31. The first-order valence-electron chi connectivity index (χ1n) is 17.7. The molecule has 2 heterocycles. The van der Waals surface area contributed by atoms with Gasteiger partial charge in [0.25, 0.3) is 11.8 Å². The van der Waals surface area contributed by atoms with Crippen LogP contribution in [0, 0.1) is 11.8 Å². The van der Waals surface area contributed by atoms with Crippen LogP contribution < -0.4 is 10.2 Å². The van der Waals surface area contributed by atoms with E-state index in [-0.39, 0.29) is 70.3 Å². The Morgan fingerprint density at radius 2 is 1.09 bits per heavy atom. The molecule has 2 aliphatic rings. The number of carbonyl (C=O) groups is 5. The van der Waals surface area contributed by atoms with Gasteiger partial charge in [-0.3, -0.25) is 19.2 Å². The van der Waals surface area contributed by atoms with Crippen molar-refractivity contribution in [1.82, 2.24) is 10.4 Å². The van der Waals surface area contributed by atoms with Gasteiger partial charge in [0.05, 0.1) is 97.9 Å². The van der Waals surface area contributed by atoms with Gasteiger partial charge in [-0.25, -0.2) is 4.79 Å². The minimum atomic E-state index is -0.710. The number of benzene rings is 2. The number of hydrogen-bond acceptors (Lipinski definition) is 12. The van der Waals surface area contributed by atoms with E-state index >= 15 is 0 Å². The fourth-order valence-electron chi connectivity index (χ4n) is 5.07. The van der Waals surface area contributed by atoms with E-state index in [2.05, 4.69) is 17.2 Å². The number of fused-ring (bicyclic) bond motifs is 2. The molecule has 15 heteroatoms. The molecule has 4 rings (SSSR count). The molecule has 0 radical (unpaired) electrons. The lowest BCUT2D eigenvalue weighted by molar-refractivity contribution is -0.198. The van der Waals surface area contributed by atoms with Gasteiger partial charge in [-0.1, -0.05) is 42.2 Å². The summed E-state index contributed by atoms with van der Waals surface area (Å²) in [5.74, 6) is 4.36. The van der Waals surface area contributed by atoms with E-state index < -0.39 is 17.8 Å². The number of anilines is 1. The highest BCUT2D eigenvalue weighted by molar-refractivity contribution is 6.01. The molecule has 0 unspecified atom stereocenters. The average molecular weight is 738 g/mol. The first-order chi connectivity index (χ1) is 25.9. The Labute approximate surface area is 309 Å². The Kier molecular flexibility index (Phi) is 18.4. The Balaban J connectivity index is 0.894. The van der Waals surface area contributed by atoms with Gasteiger partial charge in [-0.2, -0.15) is 0 Å². The normalized spacial score (nSPS) is 13.4. The van der Waals surface area contributed by atoms with Crippen LogP contribution in [0.3, 0.4) is 0 Å². The van der Waals surface area contributed by atoms with E-state index in [9.17, 15) is 24.0 Å². The smallest absolute Gasteiger partial charge is 0.335 e. The molecule has 0 saturated carbocycles. The summed E-state index contributed by atoms with van der Waals surface area (Å²) in [6, 6.07) is 15.4. The van der Waals surface area contributed by atoms with Crippen molar-refractivity contribution in [2.24, 2.45) is 0 Å². The van der Waals surface area contributed by atoms with Crippen molar-refractivity contribution in [3.63, 3.8) is 0 Å². The number of amides is 4. The molecule has 2 aromatic rings. The highest BCUT2D eigenvalue weighted by Crippen LogP contribution is 2.25. The molecule has 2 aromatic carbocycles. The number of ether oxygens (including phenoxy) is 6. The third-order valence-electron chi connectivity index (χ3n) is 7.82. The van der Waals surface area contributed by atoms with Gasteiger partial charge < -0.3 is 43.5 Å². The van der Waals surface area contributed by atoms with E-state index in [1.807, 2.05) is 48.5 Å². The van der Waals surface area contributed by atoms with Gasteiger partial charge >= 0.3 is 5.97 Å². The predicted molar refractivity (Wildman–Crippen MR) is 189 cm³/mol. The number of rotatable bonds is 25. The summed E-state index contributed by atoms with van der Waals surface area (Å²) in [6.07, 6.45) is 0.349. The molecule has 286 valence electrons. The van der Waals surface area contributed by atoms with Gasteiger partial charge in [-0.15, -0.1) is 5.06 Å². The van der Waals surface area contributed by atoms with Gasteiger partial charge in [0.2, 0.25) is 11.8 Å². The summed E-state index contributed by atoms with van der Waals surface area (Å²) >= 11 is 0. The lowest BCUT2D eigenvalue weighted by Gasteiger charge is -2.26. The number of para-hydroxylation sites is 1. The molecule has 1 N–H and O–H groups in total. The van der Waals surface area contributed by atoms with Crippen molar-refractivity contribution in [2.75, 3.05) is 90.7 Å². The molecule has 0 atom stereocenters. The van der Waals surface area contributed by atoms with Crippen LogP contribution in [0.15, 0.2) is 48.5 Å². The van der Waals surface area contributed by atoms with E-state index in [0.717, 1.165) is 22.4 Å². The van der Waals surface area contributed by atoms with Crippen molar-refractivity contribution < 1.29 is 57.2 Å². The van der Waals surface area contributed by atoms with E-state index in [1.165, 1.54) is 0 Å². The number of hydroxylamine groups is 2. The quantitative estimate of drug-likeness (QED) is 0.0895. The number of hydrogen-bond donors (Lipinski definition) is 1. The standard InChI is InChI=1S/C38H47N3O12/c42-34(39-16-13-35(43)40-29-32-7-2-1-5-30(32)9-10-31-6-3-4-8-33(31)40)14-17-47-19-21-49-23-25-51-27-28-52-26-24-50-22-20-48-18-15-38(46)53-41-36(44)11-12-37(41)45/h1-8H,11-29H2,(H,39,42). The number of nitrogens with zero attached hydrogens (tertiary/aromatic N) is 2. The number of carbonyl (C=O) groups excluding carboxylic acids is 5. The topological polar surface area (TPSA) is 168 Å². The second-order valence-electron chi connectivity index (χ2n) is 11.7. The van der Waals surface area contributed by atoms with Crippen LogP contribution in [-0.2, 0) is 63.8 Å². The monoisotopic (exact) mass is 737 g/mol. The average Bonchev–Trinajstić information content (AvgIpc) is 3.47. The highest BCUT2D eigenvalue weighted by Gasteiger charge is 2.32. The maximum Gasteiger partial charge on any atom is 0.335 e. The van der Waals surface area contributed by atoms with E-state index in [1.54, 1.807) is 4.90 Å². The first-order valence-corrected chi connectivity index (χ1v) is 17.7. The molecule has 15 nitrogen and oxygen atoms in total. The number of nitrogens with one attached hydrogen (secondary N) is 1. The molecule has 53 heavy (non-hydrogen) atoms. The van der Waals surface area contributed by atoms with Crippen molar-refractivity contribution in [3.8, 4) is 11.8 Å². The Hall–Kier alpha value is -4.69. The third kappa shape index (κ3) is 15.1.